The largest absolute Gasteiger partial charge is 0.493 e. The summed E-state index contributed by atoms with van der Waals surface area (Å²) >= 11 is 5.91. The summed E-state index contributed by atoms with van der Waals surface area (Å²) in [6.07, 6.45) is 0.548. The van der Waals surface area contributed by atoms with Gasteiger partial charge in [-0.05, 0) is 6.42 Å². The van der Waals surface area contributed by atoms with Crippen molar-refractivity contribution in [3.05, 3.63) is 22.5 Å². The van der Waals surface area contributed by atoms with Crippen molar-refractivity contribution in [3.8, 4) is 11.5 Å². The fourth-order valence-electron chi connectivity index (χ4n) is 2.44. The van der Waals surface area contributed by atoms with Crippen LogP contribution in [0.2, 0.25) is 5.02 Å². The SMILES string of the molecule is COc1cc(Cl)c(F)c(CCN2CCNCC2)c1OC. The van der Waals surface area contributed by atoms with Crippen LogP contribution in [-0.4, -0.2) is 51.8 Å². The molecule has 0 radical (unpaired) electrons. The van der Waals surface area contributed by atoms with Crippen LogP contribution in [-0.2, 0) is 6.42 Å². The van der Waals surface area contributed by atoms with Crippen molar-refractivity contribution in [3.63, 3.8) is 0 Å². The average molecular weight is 303 g/mol. The molecule has 1 heterocycles. The van der Waals surface area contributed by atoms with E-state index in [0.717, 1.165) is 32.7 Å². The molecule has 1 aliphatic heterocycles. The number of benzene rings is 1. The number of nitrogens with zero attached hydrogens (tertiary/aromatic N) is 1. The molecule has 4 nitrogen and oxygen atoms in total. The van der Waals surface area contributed by atoms with Gasteiger partial charge in [-0.15, -0.1) is 0 Å². The van der Waals surface area contributed by atoms with Crippen LogP contribution >= 0.6 is 11.6 Å². The van der Waals surface area contributed by atoms with E-state index in [0.29, 0.717) is 23.5 Å². The van der Waals surface area contributed by atoms with Crippen LogP contribution in [0.4, 0.5) is 4.39 Å². The minimum Gasteiger partial charge on any atom is -0.493 e. The molecule has 0 aromatic heterocycles. The predicted molar refractivity (Wildman–Crippen MR) is 77.5 cm³/mol. The molecule has 0 spiro atoms. The lowest BCUT2D eigenvalue weighted by Crippen LogP contribution is -2.44. The lowest BCUT2D eigenvalue weighted by Gasteiger charge is -2.27. The maximum absolute atomic E-state index is 14.2. The van der Waals surface area contributed by atoms with Crippen molar-refractivity contribution in [1.82, 2.24) is 10.2 Å². The van der Waals surface area contributed by atoms with Crippen LogP contribution in [0, 0.1) is 5.82 Å². The molecule has 1 aliphatic rings. The minimum absolute atomic E-state index is 0.0676. The Balaban J connectivity index is 2.18. The lowest BCUT2D eigenvalue weighted by atomic mass is 10.1. The number of hydrogen-bond donors (Lipinski definition) is 1. The topological polar surface area (TPSA) is 33.7 Å². The maximum atomic E-state index is 14.2. The summed E-state index contributed by atoms with van der Waals surface area (Å²) in [5, 5.41) is 3.36. The summed E-state index contributed by atoms with van der Waals surface area (Å²) in [5.41, 5.74) is 0.482. The van der Waals surface area contributed by atoms with E-state index in [4.69, 9.17) is 21.1 Å². The highest BCUT2D eigenvalue weighted by atomic mass is 35.5. The van der Waals surface area contributed by atoms with E-state index < -0.39 is 5.82 Å². The van der Waals surface area contributed by atoms with E-state index in [1.807, 2.05) is 0 Å². The van der Waals surface area contributed by atoms with Crippen LogP contribution in [0.1, 0.15) is 5.56 Å². The number of hydrogen-bond acceptors (Lipinski definition) is 4. The zero-order valence-corrected chi connectivity index (χ0v) is 12.6. The smallest absolute Gasteiger partial charge is 0.166 e. The molecule has 1 saturated heterocycles. The van der Waals surface area contributed by atoms with Crippen LogP contribution in [0.15, 0.2) is 6.07 Å². The first-order valence-corrected chi connectivity index (χ1v) is 7.07. The van der Waals surface area contributed by atoms with Gasteiger partial charge in [-0.3, -0.25) is 0 Å². The zero-order valence-electron chi connectivity index (χ0n) is 11.8. The molecule has 1 fully saturated rings. The number of halogens is 2. The number of rotatable bonds is 5. The second kappa shape index (κ2) is 7.11. The molecule has 1 aromatic rings. The third-order valence-corrected chi connectivity index (χ3v) is 3.82. The standard InChI is InChI=1S/C14H20ClFN2O2/c1-19-12-9-11(15)13(16)10(14(12)20-2)3-6-18-7-4-17-5-8-18/h9,17H,3-8H2,1-2H3. The van der Waals surface area contributed by atoms with E-state index in [-0.39, 0.29) is 5.02 Å². The first-order chi connectivity index (χ1) is 9.67. The molecule has 0 amide bonds. The van der Waals surface area contributed by atoms with Crippen molar-refractivity contribution in [2.45, 2.75) is 6.42 Å². The number of piperazine rings is 1. The molecule has 1 N–H and O–H groups in total. The Morgan fingerprint density at radius 3 is 2.60 bits per heavy atom. The molecule has 0 bridgehead atoms. The van der Waals surface area contributed by atoms with Crippen molar-refractivity contribution >= 4 is 11.6 Å². The quantitative estimate of drug-likeness (QED) is 0.901. The van der Waals surface area contributed by atoms with Gasteiger partial charge >= 0.3 is 0 Å². The Hall–Kier alpha value is -1.04. The van der Waals surface area contributed by atoms with E-state index >= 15 is 0 Å². The molecule has 0 aliphatic carbocycles. The van der Waals surface area contributed by atoms with Gasteiger partial charge in [-0.2, -0.15) is 0 Å². The van der Waals surface area contributed by atoms with Gasteiger partial charge in [0.05, 0.1) is 19.2 Å². The number of methoxy groups -OCH3 is 2. The second-order valence-corrected chi connectivity index (χ2v) is 5.14. The highest BCUT2D eigenvalue weighted by Crippen LogP contribution is 2.37. The Labute approximate surface area is 123 Å². The molecule has 112 valence electrons. The van der Waals surface area contributed by atoms with Gasteiger partial charge in [-0.25, -0.2) is 4.39 Å². The van der Waals surface area contributed by atoms with Gasteiger partial charge in [-0.1, -0.05) is 11.6 Å². The summed E-state index contributed by atoms with van der Waals surface area (Å²) in [7, 11) is 3.03. The van der Waals surface area contributed by atoms with Gasteiger partial charge in [0.1, 0.15) is 5.82 Å². The highest BCUT2D eigenvalue weighted by Gasteiger charge is 2.20. The summed E-state index contributed by atoms with van der Waals surface area (Å²) in [5.74, 6) is 0.484. The van der Waals surface area contributed by atoms with Crippen LogP contribution < -0.4 is 14.8 Å². The molecule has 0 saturated carbocycles. The fourth-order valence-corrected chi connectivity index (χ4v) is 2.65. The lowest BCUT2D eigenvalue weighted by molar-refractivity contribution is 0.241. The highest BCUT2D eigenvalue weighted by molar-refractivity contribution is 6.31. The zero-order chi connectivity index (χ0) is 14.5. The third kappa shape index (κ3) is 3.34. The summed E-state index contributed by atoms with van der Waals surface area (Å²) in [6, 6.07) is 1.45. The predicted octanol–water partition coefficient (Wildman–Crippen LogP) is 1.94. The molecule has 0 unspecified atom stereocenters. The number of nitrogens with one attached hydrogen (secondary N) is 1. The third-order valence-electron chi connectivity index (χ3n) is 3.54. The van der Waals surface area contributed by atoms with Crippen LogP contribution in [0.5, 0.6) is 11.5 Å². The first-order valence-electron chi connectivity index (χ1n) is 6.69. The summed E-state index contributed by atoms with van der Waals surface area (Å²) < 4.78 is 24.7. The Morgan fingerprint density at radius 1 is 1.30 bits per heavy atom. The maximum Gasteiger partial charge on any atom is 0.166 e. The summed E-state index contributed by atoms with van der Waals surface area (Å²) in [6.45, 7) is 4.67. The van der Waals surface area contributed by atoms with Gasteiger partial charge in [0.25, 0.3) is 0 Å². The molecule has 6 heteroatoms. The summed E-state index contributed by atoms with van der Waals surface area (Å²) in [4.78, 5) is 2.29. The van der Waals surface area contributed by atoms with Crippen molar-refractivity contribution < 1.29 is 13.9 Å². The molecule has 20 heavy (non-hydrogen) atoms. The Kier molecular flexibility index (Phi) is 5.46. The molecule has 2 rings (SSSR count). The van der Waals surface area contributed by atoms with Gasteiger partial charge in [0.2, 0.25) is 0 Å². The molecule has 1 aromatic carbocycles. The molecular formula is C14H20ClFN2O2. The Morgan fingerprint density at radius 2 is 2.00 bits per heavy atom. The van der Waals surface area contributed by atoms with Gasteiger partial charge in [0, 0.05) is 44.4 Å². The fraction of sp³-hybridized carbons (Fsp3) is 0.571. The van der Waals surface area contributed by atoms with Gasteiger partial charge in [0.15, 0.2) is 11.5 Å². The molecular weight excluding hydrogens is 283 g/mol. The normalized spacial score (nSPS) is 16.2. The Bertz CT molecular complexity index is 465. The van der Waals surface area contributed by atoms with E-state index in [2.05, 4.69) is 10.2 Å². The first kappa shape index (κ1) is 15.4. The monoisotopic (exact) mass is 302 g/mol. The van der Waals surface area contributed by atoms with Crippen molar-refractivity contribution in [2.75, 3.05) is 46.9 Å². The van der Waals surface area contributed by atoms with Crippen molar-refractivity contribution in [1.29, 1.82) is 0 Å². The van der Waals surface area contributed by atoms with E-state index in [1.54, 1.807) is 0 Å². The van der Waals surface area contributed by atoms with Crippen molar-refractivity contribution in [2.24, 2.45) is 0 Å². The minimum atomic E-state index is -0.417. The van der Waals surface area contributed by atoms with E-state index in [1.165, 1.54) is 20.3 Å². The molecule has 0 atom stereocenters. The number of ether oxygens (including phenoxy) is 2. The van der Waals surface area contributed by atoms with Gasteiger partial charge < -0.3 is 19.7 Å². The van der Waals surface area contributed by atoms with Crippen LogP contribution in [0.25, 0.3) is 0 Å². The average Bonchev–Trinajstić information content (AvgIpc) is 2.49. The van der Waals surface area contributed by atoms with Crippen LogP contribution in [0.3, 0.4) is 0 Å². The second-order valence-electron chi connectivity index (χ2n) is 4.73. The van der Waals surface area contributed by atoms with E-state index in [9.17, 15) is 4.39 Å².